The molecule has 2 aromatic heterocycles. The molecule has 2 heterocycles. The SMILES string of the molecule is COc1ccc(-c2nnc3sc(NC(=O)c4cccc(Cl)c4)nn23)cc1. The maximum Gasteiger partial charge on any atom is 0.257 e. The Bertz CT molecular complexity index is 1090. The zero-order chi connectivity index (χ0) is 18.1. The van der Waals surface area contributed by atoms with Crippen molar-refractivity contribution in [2.75, 3.05) is 12.4 Å². The van der Waals surface area contributed by atoms with Gasteiger partial charge >= 0.3 is 0 Å². The number of carbonyl (C=O) groups excluding carboxylic acids is 1. The van der Waals surface area contributed by atoms with Crippen LogP contribution in [0, 0.1) is 0 Å². The van der Waals surface area contributed by atoms with Crippen LogP contribution in [0.25, 0.3) is 16.3 Å². The van der Waals surface area contributed by atoms with Crippen LogP contribution < -0.4 is 10.1 Å². The summed E-state index contributed by atoms with van der Waals surface area (Å²) < 4.78 is 6.76. The van der Waals surface area contributed by atoms with Crippen LogP contribution in [-0.2, 0) is 0 Å². The molecule has 0 unspecified atom stereocenters. The van der Waals surface area contributed by atoms with Gasteiger partial charge < -0.3 is 4.74 Å². The lowest BCUT2D eigenvalue weighted by molar-refractivity contribution is 0.102. The van der Waals surface area contributed by atoms with Crippen molar-refractivity contribution in [3.63, 3.8) is 0 Å². The van der Waals surface area contributed by atoms with Crippen molar-refractivity contribution in [1.29, 1.82) is 0 Å². The topological polar surface area (TPSA) is 81.4 Å². The van der Waals surface area contributed by atoms with Crippen LogP contribution in [-0.4, -0.2) is 32.8 Å². The van der Waals surface area contributed by atoms with Gasteiger partial charge in [0.05, 0.1) is 7.11 Å². The number of nitrogens with zero attached hydrogens (tertiary/aromatic N) is 4. The van der Waals surface area contributed by atoms with E-state index >= 15 is 0 Å². The summed E-state index contributed by atoms with van der Waals surface area (Å²) in [6.45, 7) is 0. The van der Waals surface area contributed by atoms with Gasteiger partial charge in [0.2, 0.25) is 10.1 Å². The molecule has 7 nitrogen and oxygen atoms in total. The standard InChI is InChI=1S/C17H12ClN5O2S/c1-25-13-7-5-10(6-8-13)14-20-21-17-23(14)22-16(26-17)19-15(24)11-3-2-4-12(18)9-11/h2-9H,1H3,(H,19,22,24). The molecule has 0 aliphatic rings. The maximum absolute atomic E-state index is 12.3. The summed E-state index contributed by atoms with van der Waals surface area (Å²) in [5, 5.41) is 16.4. The first kappa shape index (κ1) is 16.5. The first-order valence-electron chi connectivity index (χ1n) is 7.57. The van der Waals surface area contributed by atoms with Gasteiger partial charge in [0, 0.05) is 16.1 Å². The van der Waals surface area contributed by atoms with Gasteiger partial charge in [-0.3, -0.25) is 10.1 Å². The number of benzene rings is 2. The number of amides is 1. The largest absolute Gasteiger partial charge is 0.497 e. The Labute approximate surface area is 157 Å². The van der Waals surface area contributed by atoms with Crippen molar-refractivity contribution in [2.45, 2.75) is 0 Å². The average molecular weight is 386 g/mol. The number of rotatable bonds is 4. The van der Waals surface area contributed by atoms with Crippen LogP contribution in [0.4, 0.5) is 5.13 Å². The van der Waals surface area contributed by atoms with Gasteiger partial charge in [-0.1, -0.05) is 29.0 Å². The lowest BCUT2D eigenvalue weighted by Gasteiger charge is -2.02. The molecule has 2 aromatic carbocycles. The number of ether oxygens (including phenoxy) is 1. The molecule has 0 spiro atoms. The molecule has 0 atom stereocenters. The van der Waals surface area contributed by atoms with Crippen LogP contribution in [0.3, 0.4) is 0 Å². The maximum atomic E-state index is 12.3. The van der Waals surface area contributed by atoms with Crippen molar-refractivity contribution >= 4 is 38.9 Å². The number of halogens is 1. The molecule has 4 aromatic rings. The van der Waals surface area contributed by atoms with E-state index in [1.165, 1.54) is 11.3 Å². The number of carbonyl (C=O) groups is 1. The fraction of sp³-hybridized carbons (Fsp3) is 0.0588. The molecule has 1 N–H and O–H groups in total. The normalized spacial score (nSPS) is 10.8. The van der Waals surface area contributed by atoms with E-state index in [4.69, 9.17) is 16.3 Å². The highest BCUT2D eigenvalue weighted by Crippen LogP contribution is 2.26. The summed E-state index contributed by atoms with van der Waals surface area (Å²) in [5.41, 5.74) is 1.30. The Morgan fingerprint density at radius 2 is 2.00 bits per heavy atom. The smallest absolute Gasteiger partial charge is 0.257 e. The molecule has 4 rings (SSSR count). The molecule has 0 bridgehead atoms. The van der Waals surface area contributed by atoms with Crippen molar-refractivity contribution < 1.29 is 9.53 Å². The lowest BCUT2D eigenvalue weighted by atomic mass is 10.2. The Balaban J connectivity index is 1.62. The van der Waals surface area contributed by atoms with Gasteiger partial charge in [0.1, 0.15) is 5.75 Å². The summed E-state index contributed by atoms with van der Waals surface area (Å²) in [4.78, 5) is 12.9. The van der Waals surface area contributed by atoms with Crippen molar-refractivity contribution in [3.05, 3.63) is 59.1 Å². The first-order valence-corrected chi connectivity index (χ1v) is 8.77. The van der Waals surface area contributed by atoms with Crippen LogP contribution in [0.1, 0.15) is 10.4 Å². The highest BCUT2D eigenvalue weighted by Gasteiger charge is 2.15. The number of hydrogen-bond acceptors (Lipinski definition) is 6. The van der Waals surface area contributed by atoms with Crippen molar-refractivity contribution in [2.24, 2.45) is 0 Å². The highest BCUT2D eigenvalue weighted by molar-refractivity contribution is 7.20. The van der Waals surface area contributed by atoms with E-state index in [1.807, 2.05) is 24.3 Å². The van der Waals surface area contributed by atoms with E-state index in [0.717, 1.165) is 11.3 Å². The Morgan fingerprint density at radius 1 is 1.19 bits per heavy atom. The van der Waals surface area contributed by atoms with E-state index in [-0.39, 0.29) is 5.91 Å². The minimum Gasteiger partial charge on any atom is -0.497 e. The Morgan fingerprint density at radius 3 is 2.73 bits per heavy atom. The van der Waals surface area contributed by atoms with Gasteiger partial charge in [0.15, 0.2) is 5.82 Å². The van der Waals surface area contributed by atoms with Crippen LogP contribution >= 0.6 is 22.9 Å². The molecule has 0 fully saturated rings. The number of methoxy groups -OCH3 is 1. The van der Waals surface area contributed by atoms with E-state index in [0.29, 0.717) is 26.5 Å². The number of hydrogen-bond donors (Lipinski definition) is 1. The van der Waals surface area contributed by atoms with Gasteiger partial charge in [0.25, 0.3) is 5.91 Å². The molecule has 0 aliphatic heterocycles. The summed E-state index contributed by atoms with van der Waals surface area (Å²) in [6, 6.07) is 14.1. The second-order valence-corrected chi connectivity index (χ2v) is 6.71. The fourth-order valence-corrected chi connectivity index (χ4v) is 3.31. The number of anilines is 1. The van der Waals surface area contributed by atoms with Gasteiger partial charge in [-0.2, -0.15) is 4.52 Å². The number of nitrogens with one attached hydrogen (secondary N) is 1. The first-order chi connectivity index (χ1) is 12.6. The molecule has 1 amide bonds. The summed E-state index contributed by atoms with van der Waals surface area (Å²) in [6.07, 6.45) is 0. The molecular weight excluding hydrogens is 374 g/mol. The molecule has 9 heteroatoms. The molecule has 0 saturated heterocycles. The van der Waals surface area contributed by atoms with E-state index in [2.05, 4.69) is 20.6 Å². The second kappa shape index (κ2) is 6.74. The summed E-state index contributed by atoms with van der Waals surface area (Å²) in [5.74, 6) is 1.05. The molecular formula is C17H12ClN5O2S. The van der Waals surface area contributed by atoms with Gasteiger partial charge in [-0.25, -0.2) is 0 Å². The quantitative estimate of drug-likeness (QED) is 0.578. The Kier molecular flexibility index (Phi) is 4.27. The van der Waals surface area contributed by atoms with E-state index in [1.54, 1.807) is 35.9 Å². The summed E-state index contributed by atoms with van der Waals surface area (Å²) in [7, 11) is 1.61. The number of aromatic nitrogens is 4. The third-order valence-electron chi connectivity index (χ3n) is 3.65. The van der Waals surface area contributed by atoms with Crippen molar-refractivity contribution in [3.8, 4) is 17.1 Å². The molecule has 26 heavy (non-hydrogen) atoms. The fourth-order valence-electron chi connectivity index (χ4n) is 2.39. The molecule has 0 saturated carbocycles. The Hall–Kier alpha value is -2.97. The monoisotopic (exact) mass is 385 g/mol. The van der Waals surface area contributed by atoms with Crippen LogP contribution in [0.15, 0.2) is 48.5 Å². The minimum absolute atomic E-state index is 0.288. The lowest BCUT2D eigenvalue weighted by Crippen LogP contribution is -2.11. The number of fused-ring (bicyclic) bond motifs is 1. The zero-order valence-corrected chi connectivity index (χ0v) is 15.1. The molecule has 0 aliphatic carbocycles. The van der Waals surface area contributed by atoms with Crippen molar-refractivity contribution in [1.82, 2.24) is 19.8 Å². The molecule has 130 valence electrons. The predicted molar refractivity (Wildman–Crippen MR) is 100 cm³/mol. The van der Waals surface area contributed by atoms with Crippen LogP contribution in [0.2, 0.25) is 5.02 Å². The van der Waals surface area contributed by atoms with Crippen LogP contribution in [0.5, 0.6) is 5.75 Å². The van der Waals surface area contributed by atoms with E-state index < -0.39 is 0 Å². The van der Waals surface area contributed by atoms with Gasteiger partial charge in [-0.05, 0) is 42.5 Å². The third-order valence-corrected chi connectivity index (χ3v) is 4.70. The second-order valence-electron chi connectivity index (χ2n) is 5.32. The van der Waals surface area contributed by atoms with E-state index in [9.17, 15) is 4.79 Å². The average Bonchev–Trinajstić information content (AvgIpc) is 3.22. The van der Waals surface area contributed by atoms with Gasteiger partial charge in [-0.15, -0.1) is 15.3 Å². The predicted octanol–water partition coefficient (Wildman–Crippen LogP) is 3.77. The zero-order valence-electron chi connectivity index (χ0n) is 13.5. The third kappa shape index (κ3) is 3.12. The summed E-state index contributed by atoms with van der Waals surface area (Å²) >= 11 is 7.16. The minimum atomic E-state index is -0.288. The molecule has 0 radical (unpaired) electrons. The highest BCUT2D eigenvalue weighted by atomic mass is 35.5.